The Morgan fingerprint density at radius 3 is 3.05 bits per heavy atom. The van der Waals surface area contributed by atoms with Gasteiger partial charge in [-0.15, -0.1) is 0 Å². The van der Waals surface area contributed by atoms with E-state index >= 15 is 0 Å². The smallest absolute Gasteiger partial charge is 0.196 e. The molecule has 0 amide bonds. The van der Waals surface area contributed by atoms with Crippen molar-refractivity contribution in [3.05, 3.63) is 47.9 Å². The number of oxazole rings is 1. The highest BCUT2D eigenvalue weighted by atomic mass is 16.5. The number of aromatic nitrogens is 2. The lowest BCUT2D eigenvalue weighted by Crippen LogP contribution is -2.37. The molecule has 2 aromatic heterocycles. The monoisotopic (exact) mass is 287 g/mol. The lowest BCUT2D eigenvalue weighted by Gasteiger charge is -2.32. The predicted molar refractivity (Wildman–Crippen MR) is 78.8 cm³/mol. The topological polar surface area (TPSA) is 51.4 Å². The zero-order valence-electron chi connectivity index (χ0n) is 12.5. The van der Waals surface area contributed by atoms with E-state index in [0.717, 1.165) is 43.4 Å². The number of hydrogen-bond acceptors (Lipinski definition) is 5. The Hall–Kier alpha value is -1.72. The molecule has 0 aromatic carbocycles. The number of ether oxygens (including phenoxy) is 1. The molecule has 112 valence electrons. The van der Waals surface area contributed by atoms with Gasteiger partial charge >= 0.3 is 0 Å². The molecule has 1 aliphatic heterocycles. The van der Waals surface area contributed by atoms with Gasteiger partial charge in [-0.2, -0.15) is 0 Å². The number of hydrogen-bond donors (Lipinski definition) is 0. The molecule has 3 heterocycles. The van der Waals surface area contributed by atoms with Crippen molar-refractivity contribution in [2.45, 2.75) is 32.4 Å². The van der Waals surface area contributed by atoms with Crippen LogP contribution in [-0.2, 0) is 11.3 Å². The molecule has 0 spiro atoms. The molecule has 0 aliphatic carbocycles. The molecular weight excluding hydrogens is 266 g/mol. The van der Waals surface area contributed by atoms with Crippen molar-refractivity contribution in [1.29, 1.82) is 0 Å². The molecule has 5 heteroatoms. The van der Waals surface area contributed by atoms with Gasteiger partial charge in [0, 0.05) is 43.5 Å². The van der Waals surface area contributed by atoms with Gasteiger partial charge in [0.2, 0.25) is 0 Å². The first-order valence-electron chi connectivity index (χ1n) is 7.40. The molecule has 1 saturated heterocycles. The van der Waals surface area contributed by atoms with Gasteiger partial charge in [-0.05, 0) is 6.07 Å². The second-order valence-electron chi connectivity index (χ2n) is 5.71. The molecule has 21 heavy (non-hydrogen) atoms. The second-order valence-corrected chi connectivity index (χ2v) is 5.71. The van der Waals surface area contributed by atoms with Crippen LogP contribution >= 0.6 is 0 Å². The van der Waals surface area contributed by atoms with Gasteiger partial charge in [-0.1, -0.05) is 19.9 Å². The SMILES string of the molecule is CC(C)c1nc(CN2CCO[C@H](c3cccnc3)C2)co1. The third-order valence-electron chi connectivity index (χ3n) is 3.66. The maximum absolute atomic E-state index is 5.85. The fourth-order valence-electron chi connectivity index (χ4n) is 2.50. The number of rotatable bonds is 4. The van der Waals surface area contributed by atoms with Crippen LogP contribution in [0.1, 0.15) is 43.0 Å². The van der Waals surface area contributed by atoms with Gasteiger partial charge < -0.3 is 9.15 Å². The van der Waals surface area contributed by atoms with Crippen LogP contribution < -0.4 is 0 Å². The Morgan fingerprint density at radius 2 is 2.33 bits per heavy atom. The van der Waals surface area contributed by atoms with Gasteiger partial charge in [-0.3, -0.25) is 9.88 Å². The first kappa shape index (κ1) is 14.2. The maximum atomic E-state index is 5.85. The molecule has 1 aliphatic rings. The zero-order chi connectivity index (χ0) is 14.7. The number of morpholine rings is 1. The van der Waals surface area contributed by atoms with Crippen LogP contribution in [0.3, 0.4) is 0 Å². The highest BCUT2D eigenvalue weighted by Crippen LogP contribution is 2.23. The van der Waals surface area contributed by atoms with Crippen LogP contribution in [0.25, 0.3) is 0 Å². The molecule has 1 atom stereocenters. The van der Waals surface area contributed by atoms with Crippen molar-refractivity contribution in [2.75, 3.05) is 19.7 Å². The Bertz CT molecular complexity index is 568. The molecule has 0 radical (unpaired) electrons. The van der Waals surface area contributed by atoms with Crippen molar-refractivity contribution in [3.8, 4) is 0 Å². The van der Waals surface area contributed by atoms with Crippen LogP contribution in [0, 0.1) is 0 Å². The van der Waals surface area contributed by atoms with Crippen LogP contribution in [0.2, 0.25) is 0 Å². The van der Waals surface area contributed by atoms with E-state index in [9.17, 15) is 0 Å². The van der Waals surface area contributed by atoms with E-state index in [1.54, 1.807) is 12.5 Å². The van der Waals surface area contributed by atoms with Gasteiger partial charge in [0.25, 0.3) is 0 Å². The molecule has 1 fully saturated rings. The Kier molecular flexibility index (Phi) is 4.31. The standard InChI is InChI=1S/C16H21N3O2/c1-12(2)16-18-14(11-21-16)9-19-6-7-20-15(10-19)13-4-3-5-17-8-13/h3-5,8,11-12,15H,6-7,9-10H2,1-2H3/t15-/m0/s1. The van der Waals surface area contributed by atoms with E-state index in [2.05, 4.69) is 34.8 Å². The highest BCUT2D eigenvalue weighted by molar-refractivity contribution is 5.13. The summed E-state index contributed by atoms with van der Waals surface area (Å²) in [6.45, 7) is 7.48. The van der Waals surface area contributed by atoms with Gasteiger partial charge in [0.15, 0.2) is 5.89 Å². The molecule has 3 rings (SSSR count). The van der Waals surface area contributed by atoms with Crippen molar-refractivity contribution >= 4 is 0 Å². The maximum Gasteiger partial charge on any atom is 0.196 e. The van der Waals surface area contributed by atoms with E-state index in [4.69, 9.17) is 9.15 Å². The number of pyridine rings is 1. The van der Waals surface area contributed by atoms with Gasteiger partial charge in [0.05, 0.1) is 18.4 Å². The summed E-state index contributed by atoms with van der Waals surface area (Å²) in [4.78, 5) is 11.1. The van der Waals surface area contributed by atoms with Crippen LogP contribution in [-0.4, -0.2) is 34.6 Å². The average molecular weight is 287 g/mol. The molecular formula is C16H21N3O2. The summed E-state index contributed by atoms with van der Waals surface area (Å²) in [6, 6.07) is 4.01. The molecule has 0 bridgehead atoms. The Balaban J connectivity index is 1.63. The lowest BCUT2D eigenvalue weighted by atomic mass is 10.1. The van der Waals surface area contributed by atoms with Crippen molar-refractivity contribution in [1.82, 2.24) is 14.9 Å². The normalized spacial score (nSPS) is 20.0. The molecule has 0 N–H and O–H groups in total. The quantitative estimate of drug-likeness (QED) is 0.865. The minimum atomic E-state index is 0.0870. The van der Waals surface area contributed by atoms with E-state index in [0.29, 0.717) is 5.92 Å². The zero-order valence-corrected chi connectivity index (χ0v) is 12.5. The molecule has 0 unspecified atom stereocenters. The molecule has 5 nitrogen and oxygen atoms in total. The molecule has 2 aromatic rings. The first-order chi connectivity index (χ1) is 10.2. The van der Waals surface area contributed by atoms with E-state index in [1.807, 2.05) is 12.3 Å². The van der Waals surface area contributed by atoms with Crippen LogP contribution in [0.4, 0.5) is 0 Å². The average Bonchev–Trinajstić information content (AvgIpc) is 2.97. The third-order valence-corrected chi connectivity index (χ3v) is 3.66. The fraction of sp³-hybridized carbons (Fsp3) is 0.500. The van der Waals surface area contributed by atoms with E-state index < -0.39 is 0 Å². The van der Waals surface area contributed by atoms with E-state index in [1.165, 1.54) is 0 Å². The Morgan fingerprint density at radius 1 is 1.43 bits per heavy atom. The second kappa shape index (κ2) is 6.37. The fourth-order valence-corrected chi connectivity index (χ4v) is 2.50. The Labute approximate surface area is 125 Å². The highest BCUT2D eigenvalue weighted by Gasteiger charge is 2.23. The summed E-state index contributed by atoms with van der Waals surface area (Å²) >= 11 is 0. The summed E-state index contributed by atoms with van der Waals surface area (Å²) in [5, 5.41) is 0. The minimum Gasteiger partial charge on any atom is -0.448 e. The third kappa shape index (κ3) is 3.49. The summed E-state index contributed by atoms with van der Waals surface area (Å²) in [6.07, 6.45) is 5.52. The number of nitrogens with zero attached hydrogens (tertiary/aromatic N) is 3. The van der Waals surface area contributed by atoms with E-state index in [-0.39, 0.29) is 6.10 Å². The first-order valence-corrected chi connectivity index (χ1v) is 7.40. The summed E-state index contributed by atoms with van der Waals surface area (Å²) < 4.78 is 11.3. The van der Waals surface area contributed by atoms with Crippen molar-refractivity contribution in [3.63, 3.8) is 0 Å². The van der Waals surface area contributed by atoms with Gasteiger partial charge in [0.1, 0.15) is 6.26 Å². The lowest BCUT2D eigenvalue weighted by molar-refractivity contribution is -0.0334. The summed E-state index contributed by atoms with van der Waals surface area (Å²) in [7, 11) is 0. The van der Waals surface area contributed by atoms with Crippen LogP contribution in [0.15, 0.2) is 35.2 Å². The van der Waals surface area contributed by atoms with Crippen molar-refractivity contribution in [2.24, 2.45) is 0 Å². The molecule has 0 saturated carbocycles. The largest absolute Gasteiger partial charge is 0.448 e. The summed E-state index contributed by atoms with van der Waals surface area (Å²) in [5.41, 5.74) is 2.12. The summed E-state index contributed by atoms with van der Waals surface area (Å²) in [5.74, 6) is 1.13. The van der Waals surface area contributed by atoms with Crippen LogP contribution in [0.5, 0.6) is 0 Å². The van der Waals surface area contributed by atoms with Crippen molar-refractivity contribution < 1.29 is 9.15 Å². The minimum absolute atomic E-state index is 0.0870. The predicted octanol–water partition coefficient (Wildman–Crippen LogP) is 2.77. The van der Waals surface area contributed by atoms with Gasteiger partial charge in [-0.25, -0.2) is 4.98 Å².